The molecule has 0 atom stereocenters. The number of anilines is 1. The minimum absolute atomic E-state index is 0.192. The lowest BCUT2D eigenvalue weighted by atomic mass is 10.2. The molecule has 0 unspecified atom stereocenters. The first-order valence-electron chi connectivity index (χ1n) is 5.92. The van der Waals surface area contributed by atoms with Crippen molar-refractivity contribution in [1.29, 1.82) is 0 Å². The summed E-state index contributed by atoms with van der Waals surface area (Å²) in [5, 5.41) is 4.54. The van der Waals surface area contributed by atoms with Crippen LogP contribution >= 0.6 is 11.3 Å². The Labute approximate surface area is 114 Å². The number of amides is 1. The summed E-state index contributed by atoms with van der Waals surface area (Å²) in [6.45, 7) is 0. The van der Waals surface area contributed by atoms with E-state index in [0.717, 1.165) is 25.0 Å². The first-order chi connectivity index (χ1) is 9.15. The van der Waals surface area contributed by atoms with Crippen LogP contribution in [-0.4, -0.2) is 5.91 Å². The van der Waals surface area contributed by atoms with Gasteiger partial charge in [0.2, 0.25) is 5.91 Å². The number of hydrogen-bond donors (Lipinski definition) is 1. The van der Waals surface area contributed by atoms with Gasteiger partial charge in [-0.15, -0.1) is 11.3 Å². The van der Waals surface area contributed by atoms with Gasteiger partial charge in [-0.25, -0.2) is 8.78 Å². The summed E-state index contributed by atoms with van der Waals surface area (Å²) in [7, 11) is 0. The minimum Gasteiger partial charge on any atom is -0.326 e. The number of hydrogen-bond acceptors (Lipinski definition) is 2. The van der Waals surface area contributed by atoms with Crippen LogP contribution in [0.5, 0.6) is 0 Å². The average Bonchev–Trinajstić information content (AvgIpc) is 2.87. The molecule has 1 aromatic heterocycles. The molecule has 0 aliphatic rings. The molecule has 1 aromatic carbocycles. The van der Waals surface area contributed by atoms with Crippen LogP contribution in [0.3, 0.4) is 0 Å². The van der Waals surface area contributed by atoms with E-state index in [1.165, 1.54) is 10.9 Å². The molecule has 0 fully saturated rings. The second-order valence-electron chi connectivity index (χ2n) is 4.11. The molecule has 19 heavy (non-hydrogen) atoms. The fourth-order valence-corrected chi connectivity index (χ4v) is 2.43. The molecule has 1 N–H and O–H groups in total. The van der Waals surface area contributed by atoms with Crippen LogP contribution < -0.4 is 5.32 Å². The predicted octanol–water partition coefficient (Wildman–Crippen LogP) is 3.99. The van der Waals surface area contributed by atoms with E-state index in [9.17, 15) is 13.6 Å². The summed E-state index contributed by atoms with van der Waals surface area (Å²) in [6, 6.07) is 7.32. The van der Waals surface area contributed by atoms with E-state index in [1.807, 2.05) is 17.5 Å². The number of benzene rings is 1. The van der Waals surface area contributed by atoms with E-state index in [1.54, 1.807) is 11.3 Å². The molecule has 0 aliphatic carbocycles. The predicted molar refractivity (Wildman–Crippen MR) is 72.2 cm³/mol. The highest BCUT2D eigenvalue weighted by Gasteiger charge is 2.06. The number of carbonyl (C=O) groups is 1. The summed E-state index contributed by atoms with van der Waals surface area (Å²) in [4.78, 5) is 12.8. The third-order valence-corrected chi connectivity index (χ3v) is 3.55. The lowest BCUT2D eigenvalue weighted by molar-refractivity contribution is -0.116. The maximum atomic E-state index is 12.9. The highest BCUT2D eigenvalue weighted by molar-refractivity contribution is 7.09. The zero-order valence-electron chi connectivity index (χ0n) is 10.2. The zero-order valence-corrected chi connectivity index (χ0v) is 11.0. The van der Waals surface area contributed by atoms with Crippen LogP contribution in [0.25, 0.3) is 0 Å². The van der Waals surface area contributed by atoms with Gasteiger partial charge in [0.1, 0.15) is 0 Å². The molecule has 2 aromatic rings. The van der Waals surface area contributed by atoms with Gasteiger partial charge >= 0.3 is 0 Å². The van der Waals surface area contributed by atoms with Gasteiger partial charge in [-0.2, -0.15) is 0 Å². The third kappa shape index (κ3) is 4.13. The van der Waals surface area contributed by atoms with Gasteiger partial charge < -0.3 is 5.32 Å². The Morgan fingerprint density at radius 3 is 2.74 bits per heavy atom. The summed E-state index contributed by atoms with van der Waals surface area (Å²) >= 11 is 1.66. The Hall–Kier alpha value is -1.75. The molecule has 0 bridgehead atoms. The number of halogens is 2. The fraction of sp³-hybridized carbons (Fsp3) is 0.214. The van der Waals surface area contributed by atoms with Crippen LogP contribution in [0.2, 0.25) is 0 Å². The summed E-state index contributed by atoms with van der Waals surface area (Å²) in [6.07, 6.45) is 1.94. The molecule has 0 aliphatic heterocycles. The third-order valence-electron chi connectivity index (χ3n) is 2.61. The van der Waals surface area contributed by atoms with Crippen molar-refractivity contribution in [2.24, 2.45) is 0 Å². The first-order valence-corrected chi connectivity index (χ1v) is 6.80. The number of thiophene rings is 1. The van der Waals surface area contributed by atoms with Gasteiger partial charge in [-0.1, -0.05) is 6.07 Å². The van der Waals surface area contributed by atoms with Crippen LogP contribution in [-0.2, 0) is 11.2 Å². The molecule has 2 rings (SSSR count). The maximum absolute atomic E-state index is 12.9. The lowest BCUT2D eigenvalue weighted by Gasteiger charge is -2.05. The van der Waals surface area contributed by atoms with Gasteiger partial charge in [0.05, 0.1) is 0 Å². The SMILES string of the molecule is O=C(CCCc1cccs1)Nc1ccc(F)c(F)c1. The largest absolute Gasteiger partial charge is 0.326 e. The minimum atomic E-state index is -0.962. The molecule has 1 amide bonds. The topological polar surface area (TPSA) is 29.1 Å². The first kappa shape index (κ1) is 13.7. The number of rotatable bonds is 5. The van der Waals surface area contributed by atoms with Crippen LogP contribution in [0, 0.1) is 11.6 Å². The van der Waals surface area contributed by atoms with Gasteiger partial charge in [0.15, 0.2) is 11.6 Å². The van der Waals surface area contributed by atoms with E-state index in [4.69, 9.17) is 0 Å². The van der Waals surface area contributed by atoms with E-state index in [-0.39, 0.29) is 11.6 Å². The standard InChI is InChI=1S/C14H13F2NOS/c15-12-7-6-10(9-13(12)16)17-14(18)5-1-3-11-4-2-8-19-11/h2,4,6-9H,1,3,5H2,(H,17,18). The Morgan fingerprint density at radius 2 is 2.05 bits per heavy atom. The second kappa shape index (κ2) is 6.43. The van der Waals surface area contributed by atoms with Crippen LogP contribution in [0.15, 0.2) is 35.7 Å². The average molecular weight is 281 g/mol. The Balaban J connectivity index is 1.79. The molecular weight excluding hydrogens is 268 g/mol. The van der Waals surface area contributed by atoms with E-state index in [0.29, 0.717) is 6.42 Å². The van der Waals surface area contributed by atoms with Crippen molar-refractivity contribution in [3.8, 4) is 0 Å². The summed E-state index contributed by atoms with van der Waals surface area (Å²) in [5.41, 5.74) is 0.278. The molecule has 2 nitrogen and oxygen atoms in total. The van der Waals surface area contributed by atoms with Gasteiger partial charge in [-0.05, 0) is 36.4 Å². The van der Waals surface area contributed by atoms with Crippen LogP contribution in [0.4, 0.5) is 14.5 Å². The highest BCUT2D eigenvalue weighted by Crippen LogP contribution is 2.15. The van der Waals surface area contributed by atoms with Gasteiger partial charge in [0.25, 0.3) is 0 Å². The monoisotopic (exact) mass is 281 g/mol. The zero-order chi connectivity index (χ0) is 13.7. The number of aryl methyl sites for hydroxylation is 1. The molecule has 0 radical (unpaired) electrons. The quantitative estimate of drug-likeness (QED) is 0.882. The van der Waals surface area contributed by atoms with E-state index >= 15 is 0 Å². The summed E-state index contributed by atoms with van der Waals surface area (Å²) < 4.78 is 25.7. The molecule has 0 saturated heterocycles. The van der Waals surface area contributed by atoms with Crippen molar-refractivity contribution in [1.82, 2.24) is 0 Å². The van der Waals surface area contributed by atoms with Crippen molar-refractivity contribution in [2.75, 3.05) is 5.32 Å². The highest BCUT2D eigenvalue weighted by atomic mass is 32.1. The Morgan fingerprint density at radius 1 is 1.21 bits per heavy atom. The fourth-order valence-electron chi connectivity index (χ4n) is 1.68. The van der Waals surface area contributed by atoms with Crippen molar-refractivity contribution < 1.29 is 13.6 Å². The smallest absolute Gasteiger partial charge is 0.224 e. The van der Waals surface area contributed by atoms with Crippen LogP contribution in [0.1, 0.15) is 17.7 Å². The Bertz CT molecular complexity index is 555. The number of carbonyl (C=O) groups excluding carboxylic acids is 1. The molecule has 100 valence electrons. The van der Waals surface area contributed by atoms with Gasteiger partial charge in [0, 0.05) is 23.1 Å². The number of nitrogens with one attached hydrogen (secondary N) is 1. The Kier molecular flexibility index (Phi) is 4.63. The van der Waals surface area contributed by atoms with E-state index in [2.05, 4.69) is 5.32 Å². The normalized spacial score (nSPS) is 10.4. The van der Waals surface area contributed by atoms with Crippen molar-refractivity contribution in [3.05, 3.63) is 52.2 Å². The molecular formula is C14H13F2NOS. The molecule has 0 spiro atoms. The summed E-state index contributed by atoms with van der Waals surface area (Å²) in [5.74, 6) is -2.07. The lowest BCUT2D eigenvalue weighted by Crippen LogP contribution is -2.11. The maximum Gasteiger partial charge on any atom is 0.224 e. The van der Waals surface area contributed by atoms with Gasteiger partial charge in [-0.3, -0.25) is 4.79 Å². The van der Waals surface area contributed by atoms with Crippen molar-refractivity contribution in [2.45, 2.75) is 19.3 Å². The molecule has 0 saturated carbocycles. The second-order valence-corrected chi connectivity index (χ2v) is 5.14. The molecule has 1 heterocycles. The van der Waals surface area contributed by atoms with Crippen molar-refractivity contribution in [3.63, 3.8) is 0 Å². The van der Waals surface area contributed by atoms with Crippen molar-refractivity contribution >= 4 is 22.9 Å². The van der Waals surface area contributed by atoms with E-state index < -0.39 is 11.6 Å². The molecule has 5 heteroatoms.